The lowest BCUT2D eigenvalue weighted by atomic mass is 9.86. The van der Waals surface area contributed by atoms with Gasteiger partial charge in [0.25, 0.3) is 0 Å². The molecule has 10 heteroatoms. The fourth-order valence-electron chi connectivity index (χ4n) is 6.93. The topological polar surface area (TPSA) is 110 Å². The van der Waals surface area contributed by atoms with Crippen molar-refractivity contribution in [3.05, 3.63) is 81.8 Å². The molecular weight excluding hydrogens is 653 g/mol. The van der Waals surface area contributed by atoms with Crippen molar-refractivity contribution in [1.82, 2.24) is 4.98 Å². The van der Waals surface area contributed by atoms with Crippen molar-refractivity contribution < 1.29 is 42.5 Å². The van der Waals surface area contributed by atoms with Crippen LogP contribution >= 0.6 is 0 Å². The van der Waals surface area contributed by atoms with Crippen LogP contribution in [0.5, 0.6) is 0 Å². The zero-order chi connectivity index (χ0) is 37.2. The van der Waals surface area contributed by atoms with E-state index in [1.165, 1.54) is 26.4 Å². The third-order valence-corrected chi connectivity index (χ3v) is 8.90. The third kappa shape index (κ3) is 8.73. The number of methoxy groups -OCH3 is 2. The zero-order valence-corrected chi connectivity index (χ0v) is 31.0. The highest BCUT2D eigenvalue weighted by Crippen LogP contribution is 2.43. The van der Waals surface area contributed by atoms with E-state index < -0.39 is 29.4 Å². The third-order valence-electron chi connectivity index (χ3n) is 8.90. The molecule has 2 atom stereocenters. The Morgan fingerprint density at radius 1 is 1.00 bits per heavy atom. The fraction of sp³-hybridized carbons (Fsp3) is 0.463. The first kappa shape index (κ1) is 37.8. The van der Waals surface area contributed by atoms with E-state index in [0.717, 1.165) is 45.5 Å². The molecule has 2 heterocycles. The molecule has 272 valence electrons. The Balaban J connectivity index is 1.67. The predicted molar refractivity (Wildman–Crippen MR) is 192 cm³/mol. The molecule has 0 unspecified atom stereocenters. The van der Waals surface area contributed by atoms with Gasteiger partial charge in [-0.1, -0.05) is 38.1 Å². The smallest absolute Gasteiger partial charge is 0.338 e. The van der Waals surface area contributed by atoms with E-state index in [1.54, 1.807) is 24.3 Å². The van der Waals surface area contributed by atoms with Gasteiger partial charge in [-0.05, 0) is 106 Å². The maximum absolute atomic E-state index is 14.3. The number of nitrogens with zero attached hydrogens (tertiary/aromatic N) is 1. The second kappa shape index (κ2) is 15.1. The van der Waals surface area contributed by atoms with Gasteiger partial charge in [0.2, 0.25) is 0 Å². The first-order chi connectivity index (χ1) is 24.0. The SMILES string of the molecule is COC(=O)c1cc2c(cc1C(=O)OC)-c1nc(C(C)C)c(/C=C/[C@@H]3C[C@H](CC(=O)OC(C)(C)C)OC(C)(C)O3)c(-c3ccc(F)cc3)c1CCC2. The van der Waals surface area contributed by atoms with Gasteiger partial charge >= 0.3 is 17.9 Å². The molecule has 0 radical (unpaired) electrons. The molecule has 2 aliphatic rings. The number of ether oxygens (including phenoxy) is 5. The summed E-state index contributed by atoms with van der Waals surface area (Å²) in [5, 5.41) is 0. The quantitative estimate of drug-likeness (QED) is 0.169. The molecule has 1 saturated heterocycles. The van der Waals surface area contributed by atoms with Crippen LogP contribution < -0.4 is 0 Å². The molecule has 2 aromatic carbocycles. The summed E-state index contributed by atoms with van der Waals surface area (Å²) in [5.41, 5.74) is 6.26. The van der Waals surface area contributed by atoms with Crippen molar-refractivity contribution >= 4 is 24.0 Å². The fourth-order valence-corrected chi connectivity index (χ4v) is 6.93. The number of fused-ring (bicyclic) bond motifs is 3. The molecule has 9 nitrogen and oxygen atoms in total. The lowest BCUT2D eigenvalue weighted by Crippen LogP contribution is -2.45. The van der Waals surface area contributed by atoms with Gasteiger partial charge in [0.1, 0.15) is 11.4 Å². The first-order valence-electron chi connectivity index (χ1n) is 17.4. The number of aryl methyl sites for hydroxylation is 1. The number of carbonyl (C=O) groups excluding carboxylic acids is 3. The molecule has 1 aliphatic heterocycles. The predicted octanol–water partition coefficient (Wildman–Crippen LogP) is 8.40. The van der Waals surface area contributed by atoms with E-state index in [4.69, 9.17) is 28.7 Å². The molecule has 1 fully saturated rings. The van der Waals surface area contributed by atoms with Gasteiger partial charge in [-0.3, -0.25) is 9.78 Å². The maximum Gasteiger partial charge on any atom is 0.338 e. The summed E-state index contributed by atoms with van der Waals surface area (Å²) in [7, 11) is 2.55. The Morgan fingerprint density at radius 3 is 2.25 bits per heavy atom. The molecule has 0 bridgehead atoms. The van der Waals surface area contributed by atoms with Gasteiger partial charge in [0.05, 0.1) is 55.4 Å². The van der Waals surface area contributed by atoms with E-state index in [2.05, 4.69) is 13.8 Å². The van der Waals surface area contributed by atoms with E-state index in [-0.39, 0.29) is 41.4 Å². The lowest BCUT2D eigenvalue weighted by Gasteiger charge is -2.40. The van der Waals surface area contributed by atoms with Crippen LogP contribution in [0.15, 0.2) is 42.5 Å². The highest BCUT2D eigenvalue weighted by atomic mass is 19.1. The standard InChI is InChI=1S/C41H48FNO8/c1-23(2)36-30(18-17-27-20-28(50-41(6,7)49-27)21-34(44)51-40(3,4)5)35(24-13-15-26(42)16-14-24)29-12-10-11-25-19-32(38(45)47-8)33(39(46)48-9)22-31(25)37(29)43-36/h13-19,22-23,27-28H,10-12,20-21H2,1-9H3/b18-17+/t27-,28-/m1/s1. The van der Waals surface area contributed by atoms with E-state index in [9.17, 15) is 18.8 Å². The van der Waals surface area contributed by atoms with Crippen LogP contribution in [-0.2, 0) is 41.3 Å². The number of hydrogen-bond donors (Lipinski definition) is 0. The first-order valence-corrected chi connectivity index (χ1v) is 17.4. The zero-order valence-electron chi connectivity index (χ0n) is 31.0. The van der Waals surface area contributed by atoms with Crippen LogP contribution in [0.1, 0.15) is 117 Å². The number of benzene rings is 2. The summed E-state index contributed by atoms with van der Waals surface area (Å²) < 4.78 is 42.4. The number of esters is 3. The molecule has 0 saturated carbocycles. The van der Waals surface area contributed by atoms with Crippen molar-refractivity contribution in [2.45, 2.75) is 110 Å². The molecule has 1 aromatic heterocycles. The number of rotatable bonds is 8. The highest BCUT2D eigenvalue weighted by molar-refractivity contribution is 6.04. The molecular formula is C41H48FNO8. The maximum atomic E-state index is 14.3. The average molecular weight is 702 g/mol. The van der Waals surface area contributed by atoms with Gasteiger partial charge in [0, 0.05) is 17.5 Å². The van der Waals surface area contributed by atoms with Gasteiger partial charge in [-0.15, -0.1) is 0 Å². The van der Waals surface area contributed by atoms with Crippen LogP contribution in [0.2, 0.25) is 0 Å². The summed E-state index contributed by atoms with van der Waals surface area (Å²) in [4.78, 5) is 43.8. The van der Waals surface area contributed by atoms with Crippen molar-refractivity contribution in [3.63, 3.8) is 0 Å². The molecule has 0 spiro atoms. The summed E-state index contributed by atoms with van der Waals surface area (Å²) in [6, 6.07) is 9.81. The Bertz CT molecular complexity index is 1840. The Morgan fingerprint density at radius 2 is 1.65 bits per heavy atom. The summed E-state index contributed by atoms with van der Waals surface area (Å²) in [6.45, 7) is 13.3. The average Bonchev–Trinajstić information content (AvgIpc) is 3.22. The van der Waals surface area contributed by atoms with Gasteiger partial charge in [0.15, 0.2) is 5.79 Å². The molecule has 1 aliphatic carbocycles. The van der Waals surface area contributed by atoms with Gasteiger partial charge < -0.3 is 23.7 Å². The Kier molecular flexibility index (Phi) is 11.2. The normalized spacial score (nSPS) is 18.5. The van der Waals surface area contributed by atoms with E-state index >= 15 is 0 Å². The van der Waals surface area contributed by atoms with E-state index in [1.807, 2.05) is 46.8 Å². The van der Waals surface area contributed by atoms with Crippen molar-refractivity contribution in [1.29, 1.82) is 0 Å². The number of hydrogen-bond acceptors (Lipinski definition) is 9. The summed E-state index contributed by atoms with van der Waals surface area (Å²) in [6.07, 6.45) is 5.74. The second-order valence-corrected chi connectivity index (χ2v) is 14.8. The number of halogens is 1. The summed E-state index contributed by atoms with van der Waals surface area (Å²) in [5.74, 6) is -2.96. The minimum Gasteiger partial charge on any atom is -0.465 e. The van der Waals surface area contributed by atoms with Crippen molar-refractivity contribution in [3.8, 4) is 22.4 Å². The molecule has 0 N–H and O–H groups in total. The largest absolute Gasteiger partial charge is 0.465 e. The van der Waals surface area contributed by atoms with Crippen LogP contribution in [0, 0.1) is 5.82 Å². The van der Waals surface area contributed by atoms with Crippen LogP contribution in [0.25, 0.3) is 28.5 Å². The Labute approximate surface area is 299 Å². The van der Waals surface area contributed by atoms with E-state index in [0.29, 0.717) is 25.0 Å². The highest BCUT2D eigenvalue weighted by Gasteiger charge is 2.37. The van der Waals surface area contributed by atoms with Crippen LogP contribution in [0.3, 0.4) is 0 Å². The van der Waals surface area contributed by atoms with Crippen LogP contribution in [0.4, 0.5) is 4.39 Å². The van der Waals surface area contributed by atoms with Crippen molar-refractivity contribution in [2.75, 3.05) is 14.2 Å². The molecule has 5 rings (SSSR count). The number of pyridine rings is 1. The van der Waals surface area contributed by atoms with Gasteiger partial charge in [-0.25, -0.2) is 14.0 Å². The second-order valence-electron chi connectivity index (χ2n) is 14.8. The monoisotopic (exact) mass is 701 g/mol. The van der Waals surface area contributed by atoms with Crippen molar-refractivity contribution in [2.24, 2.45) is 0 Å². The number of aromatic nitrogens is 1. The minimum atomic E-state index is -0.948. The van der Waals surface area contributed by atoms with Gasteiger partial charge in [-0.2, -0.15) is 0 Å². The Hall–Kier alpha value is -4.41. The molecule has 51 heavy (non-hydrogen) atoms. The molecule has 0 amide bonds. The minimum absolute atomic E-state index is 0.0396. The molecule has 3 aromatic rings. The van der Waals surface area contributed by atoms with Crippen LogP contribution in [-0.4, -0.2) is 60.7 Å². The lowest BCUT2D eigenvalue weighted by molar-refractivity contribution is -0.290. The summed E-state index contributed by atoms with van der Waals surface area (Å²) >= 11 is 0. The number of carbonyl (C=O) groups is 3.